The van der Waals surface area contributed by atoms with E-state index in [2.05, 4.69) is 5.32 Å². The minimum absolute atomic E-state index is 0.0243. The summed E-state index contributed by atoms with van der Waals surface area (Å²) >= 11 is 0. The zero-order valence-electron chi connectivity index (χ0n) is 17.8. The Bertz CT molecular complexity index is 1290. The summed E-state index contributed by atoms with van der Waals surface area (Å²) in [6.45, 7) is -0.150. The molecule has 0 fully saturated rings. The lowest BCUT2D eigenvalue weighted by atomic mass is 10.1. The largest absolute Gasteiger partial charge is 0.508 e. The van der Waals surface area contributed by atoms with Gasteiger partial charge in [-0.05, 0) is 42.5 Å². The number of sulfonamides is 1. The van der Waals surface area contributed by atoms with E-state index in [1.54, 1.807) is 24.3 Å². The summed E-state index contributed by atoms with van der Waals surface area (Å²) in [6, 6.07) is 15.5. The van der Waals surface area contributed by atoms with Crippen LogP contribution in [-0.4, -0.2) is 38.5 Å². The Morgan fingerprint density at radius 1 is 1.12 bits per heavy atom. The second-order valence-corrected chi connectivity index (χ2v) is 8.89. The molecule has 3 aromatic rings. The number of nitrogens with zero attached hydrogens (tertiary/aromatic N) is 2. The van der Waals surface area contributed by atoms with Gasteiger partial charge < -0.3 is 15.2 Å². The highest BCUT2D eigenvalue weighted by molar-refractivity contribution is 7.92. The second-order valence-electron chi connectivity index (χ2n) is 6.92. The topological polar surface area (TPSA) is 139 Å². The van der Waals surface area contributed by atoms with Gasteiger partial charge in [0.05, 0.1) is 22.6 Å². The predicted octanol–water partition coefficient (Wildman–Crippen LogP) is 3.06. The van der Waals surface area contributed by atoms with Gasteiger partial charge in [0.25, 0.3) is 21.6 Å². The number of anilines is 1. The monoisotopic (exact) mass is 471 g/mol. The summed E-state index contributed by atoms with van der Waals surface area (Å²) in [4.78, 5) is 22.7. The number of carbonyl (C=O) groups excluding carboxylic acids is 1. The predicted molar refractivity (Wildman–Crippen MR) is 121 cm³/mol. The Balaban J connectivity index is 1.75. The number of carbonyl (C=O) groups is 1. The lowest BCUT2D eigenvalue weighted by Gasteiger charge is -2.21. The van der Waals surface area contributed by atoms with E-state index in [4.69, 9.17) is 4.74 Å². The maximum Gasteiger partial charge on any atom is 0.270 e. The summed E-state index contributed by atoms with van der Waals surface area (Å²) in [6.07, 6.45) is 0. The first-order chi connectivity index (χ1) is 15.6. The third kappa shape index (κ3) is 5.04. The molecule has 0 aliphatic carbocycles. The van der Waals surface area contributed by atoms with Crippen LogP contribution in [0.4, 0.5) is 11.4 Å². The number of non-ortho nitro benzene ring substituents is 1. The molecular formula is C22H21N3O7S. The molecule has 3 rings (SSSR count). The first-order valence-corrected chi connectivity index (χ1v) is 11.1. The number of phenolic OH excluding ortho intramolecular Hbond substituents is 1. The van der Waals surface area contributed by atoms with Crippen LogP contribution in [0.5, 0.6) is 11.5 Å². The summed E-state index contributed by atoms with van der Waals surface area (Å²) in [5.74, 6) is -0.339. The lowest BCUT2D eigenvalue weighted by molar-refractivity contribution is -0.384. The van der Waals surface area contributed by atoms with Crippen molar-refractivity contribution in [1.82, 2.24) is 5.32 Å². The fourth-order valence-electron chi connectivity index (χ4n) is 3.06. The highest BCUT2D eigenvalue weighted by Gasteiger charge is 2.24. The van der Waals surface area contributed by atoms with Gasteiger partial charge in [0.1, 0.15) is 11.5 Å². The van der Waals surface area contributed by atoms with Crippen molar-refractivity contribution < 1.29 is 28.0 Å². The van der Waals surface area contributed by atoms with Gasteiger partial charge in [0, 0.05) is 36.9 Å². The van der Waals surface area contributed by atoms with Crippen LogP contribution in [-0.2, 0) is 16.6 Å². The molecular weight excluding hydrogens is 450 g/mol. The third-order valence-corrected chi connectivity index (χ3v) is 6.70. The van der Waals surface area contributed by atoms with Gasteiger partial charge in [0.2, 0.25) is 0 Å². The number of nitrogens with one attached hydrogen (secondary N) is 1. The van der Waals surface area contributed by atoms with Crippen LogP contribution in [0.2, 0.25) is 0 Å². The van der Waals surface area contributed by atoms with Crippen LogP contribution in [0.3, 0.4) is 0 Å². The van der Waals surface area contributed by atoms with Crippen LogP contribution in [0, 0.1) is 10.1 Å². The number of hydrogen-bond donors (Lipinski definition) is 2. The number of benzene rings is 3. The molecule has 0 unspecified atom stereocenters. The number of methoxy groups -OCH3 is 1. The average Bonchev–Trinajstić information content (AvgIpc) is 2.82. The van der Waals surface area contributed by atoms with E-state index in [9.17, 15) is 28.4 Å². The summed E-state index contributed by atoms with van der Waals surface area (Å²) in [7, 11) is -1.07. The van der Waals surface area contributed by atoms with Crippen molar-refractivity contribution >= 4 is 27.3 Å². The molecule has 11 heteroatoms. The Kier molecular flexibility index (Phi) is 6.83. The number of nitro groups is 1. The van der Waals surface area contributed by atoms with Crippen molar-refractivity contribution in [3.8, 4) is 11.5 Å². The van der Waals surface area contributed by atoms with Gasteiger partial charge in [-0.15, -0.1) is 0 Å². The standard InChI is InChI=1S/C22H21N3O7S/c1-24(19-5-3-4-6-21(19)32-2)33(30,31)18-10-7-15(8-11-18)22(27)23-14-16-13-17(25(28)29)9-12-20(16)26/h3-13,26H,14H2,1-2H3,(H,23,27). The molecule has 0 saturated heterocycles. The number of aromatic hydroxyl groups is 1. The zero-order chi connectivity index (χ0) is 24.2. The molecule has 0 bridgehead atoms. The van der Waals surface area contributed by atoms with Gasteiger partial charge in [0.15, 0.2) is 0 Å². The summed E-state index contributed by atoms with van der Waals surface area (Å²) in [5.41, 5.74) is 0.498. The van der Waals surface area contributed by atoms with Gasteiger partial charge in [-0.1, -0.05) is 12.1 Å². The van der Waals surface area contributed by atoms with Gasteiger partial charge in [-0.2, -0.15) is 0 Å². The van der Waals surface area contributed by atoms with Gasteiger partial charge in [-0.3, -0.25) is 19.2 Å². The van der Waals surface area contributed by atoms with Crippen molar-refractivity contribution in [2.24, 2.45) is 0 Å². The van der Waals surface area contributed by atoms with Crippen molar-refractivity contribution in [2.75, 3.05) is 18.5 Å². The third-order valence-electron chi connectivity index (χ3n) is 4.91. The number of nitro benzene ring substituents is 1. The van der Waals surface area contributed by atoms with Gasteiger partial charge >= 0.3 is 0 Å². The first kappa shape index (κ1) is 23.5. The summed E-state index contributed by atoms with van der Waals surface area (Å²) < 4.78 is 32.3. The van der Waals surface area contributed by atoms with Crippen molar-refractivity contribution in [3.05, 3.63) is 88.0 Å². The normalized spacial score (nSPS) is 11.0. The van der Waals surface area contributed by atoms with Crippen LogP contribution in [0.15, 0.2) is 71.6 Å². The van der Waals surface area contributed by atoms with E-state index in [0.29, 0.717) is 11.4 Å². The zero-order valence-corrected chi connectivity index (χ0v) is 18.6. The Morgan fingerprint density at radius 2 is 1.79 bits per heavy atom. The molecule has 10 nitrogen and oxygen atoms in total. The minimum Gasteiger partial charge on any atom is -0.508 e. The maximum atomic E-state index is 13.0. The van der Waals surface area contributed by atoms with Crippen LogP contribution < -0.4 is 14.4 Å². The second kappa shape index (κ2) is 9.57. The lowest BCUT2D eigenvalue weighted by Crippen LogP contribution is -2.27. The van der Waals surface area contributed by atoms with Crippen molar-refractivity contribution in [1.29, 1.82) is 0 Å². The highest BCUT2D eigenvalue weighted by atomic mass is 32.2. The number of hydrogen-bond acceptors (Lipinski definition) is 7. The molecule has 0 saturated carbocycles. The highest BCUT2D eigenvalue weighted by Crippen LogP contribution is 2.31. The van der Waals surface area contributed by atoms with E-state index < -0.39 is 20.9 Å². The SMILES string of the molecule is COc1ccccc1N(C)S(=O)(=O)c1ccc(C(=O)NCc2cc([N+](=O)[O-])ccc2O)cc1. The maximum absolute atomic E-state index is 13.0. The fraction of sp³-hybridized carbons (Fsp3) is 0.136. The molecule has 0 spiro atoms. The summed E-state index contributed by atoms with van der Waals surface area (Å²) in [5, 5.41) is 23.3. The smallest absolute Gasteiger partial charge is 0.270 e. The Labute approximate surface area is 190 Å². The number of para-hydroxylation sites is 2. The quantitative estimate of drug-likeness (QED) is 0.380. The van der Waals surface area contributed by atoms with Crippen LogP contribution >= 0.6 is 0 Å². The molecule has 1 amide bonds. The first-order valence-electron chi connectivity index (χ1n) is 9.61. The number of phenols is 1. The minimum atomic E-state index is -3.92. The molecule has 2 N–H and O–H groups in total. The molecule has 172 valence electrons. The molecule has 0 aromatic heterocycles. The van der Waals surface area contributed by atoms with E-state index in [-0.39, 0.29) is 34.0 Å². The van der Waals surface area contributed by atoms with Crippen molar-refractivity contribution in [3.63, 3.8) is 0 Å². The molecule has 0 aliphatic rings. The van der Waals surface area contributed by atoms with E-state index in [1.807, 2.05) is 0 Å². The Morgan fingerprint density at radius 3 is 2.42 bits per heavy atom. The fourth-order valence-corrected chi connectivity index (χ4v) is 4.27. The molecule has 0 aliphatic heterocycles. The Hall–Kier alpha value is -4.12. The van der Waals surface area contributed by atoms with E-state index >= 15 is 0 Å². The molecule has 33 heavy (non-hydrogen) atoms. The van der Waals surface area contributed by atoms with Crippen LogP contribution in [0.1, 0.15) is 15.9 Å². The number of ether oxygens (including phenoxy) is 1. The molecule has 0 atom stereocenters. The van der Waals surface area contributed by atoms with E-state index in [0.717, 1.165) is 10.4 Å². The molecule has 0 heterocycles. The van der Waals surface area contributed by atoms with Crippen molar-refractivity contribution in [2.45, 2.75) is 11.4 Å². The average molecular weight is 471 g/mol. The van der Waals surface area contributed by atoms with Crippen LogP contribution in [0.25, 0.3) is 0 Å². The number of amides is 1. The molecule has 0 radical (unpaired) electrons. The van der Waals surface area contributed by atoms with E-state index in [1.165, 1.54) is 50.6 Å². The number of rotatable bonds is 8. The molecule has 3 aromatic carbocycles. The van der Waals surface area contributed by atoms with Gasteiger partial charge in [-0.25, -0.2) is 8.42 Å².